The molecule has 2 N–H and O–H groups in total. The van der Waals surface area contributed by atoms with Gasteiger partial charge in [-0.15, -0.1) is 0 Å². The Bertz CT molecular complexity index is 578. The highest BCUT2D eigenvalue weighted by molar-refractivity contribution is 6.59. The molecule has 6 heteroatoms. The van der Waals surface area contributed by atoms with Gasteiger partial charge in [0.15, 0.2) is 0 Å². The fourth-order valence-corrected chi connectivity index (χ4v) is 1.84. The first-order valence-electron chi connectivity index (χ1n) is 5.59. The van der Waals surface area contributed by atoms with Crippen LogP contribution in [0.15, 0.2) is 42.5 Å². The molecule has 0 aliphatic rings. The summed E-state index contributed by atoms with van der Waals surface area (Å²) in [6.45, 7) is 0.114. The highest BCUT2D eigenvalue weighted by Crippen LogP contribution is 2.19. The van der Waals surface area contributed by atoms with E-state index in [1.54, 1.807) is 24.3 Å². The molecule has 0 aliphatic heterocycles. The van der Waals surface area contributed by atoms with Crippen LogP contribution in [-0.4, -0.2) is 17.2 Å². The summed E-state index contributed by atoms with van der Waals surface area (Å²) < 4.78 is 18.4. The molecule has 0 saturated carbocycles. The van der Waals surface area contributed by atoms with Crippen LogP contribution in [0.5, 0.6) is 5.75 Å². The summed E-state index contributed by atoms with van der Waals surface area (Å²) in [6.07, 6.45) is 0. The van der Waals surface area contributed by atoms with E-state index < -0.39 is 12.9 Å². The SMILES string of the molecule is OB(O)c1ccccc1OCc1ccc(F)cc1Cl. The van der Waals surface area contributed by atoms with E-state index in [2.05, 4.69) is 0 Å². The lowest BCUT2D eigenvalue weighted by Crippen LogP contribution is -2.31. The molecule has 0 bridgehead atoms. The van der Waals surface area contributed by atoms with Crippen molar-refractivity contribution in [3.63, 3.8) is 0 Å². The third-order valence-electron chi connectivity index (χ3n) is 2.60. The summed E-state index contributed by atoms with van der Waals surface area (Å²) in [5, 5.41) is 18.7. The molecule has 0 unspecified atom stereocenters. The van der Waals surface area contributed by atoms with Gasteiger partial charge in [-0.2, -0.15) is 0 Å². The summed E-state index contributed by atoms with van der Waals surface area (Å²) >= 11 is 5.88. The number of ether oxygens (including phenoxy) is 1. The lowest BCUT2D eigenvalue weighted by Gasteiger charge is -2.11. The van der Waals surface area contributed by atoms with E-state index in [4.69, 9.17) is 16.3 Å². The van der Waals surface area contributed by atoms with E-state index in [0.29, 0.717) is 11.3 Å². The van der Waals surface area contributed by atoms with Crippen LogP contribution in [0.25, 0.3) is 0 Å². The second kappa shape index (κ2) is 6.06. The van der Waals surface area contributed by atoms with Crippen molar-refractivity contribution in [2.75, 3.05) is 0 Å². The number of hydrogen-bond donors (Lipinski definition) is 2. The first-order valence-corrected chi connectivity index (χ1v) is 5.97. The normalized spacial score (nSPS) is 10.3. The zero-order valence-corrected chi connectivity index (χ0v) is 10.6. The van der Waals surface area contributed by atoms with Crippen molar-refractivity contribution in [2.24, 2.45) is 0 Å². The maximum atomic E-state index is 12.9. The van der Waals surface area contributed by atoms with Crippen molar-refractivity contribution in [3.05, 3.63) is 58.9 Å². The second-order valence-corrected chi connectivity index (χ2v) is 4.34. The Labute approximate surface area is 115 Å². The van der Waals surface area contributed by atoms with Crippen LogP contribution < -0.4 is 10.2 Å². The molecule has 0 amide bonds. The Balaban J connectivity index is 2.14. The molecule has 2 aromatic carbocycles. The van der Waals surface area contributed by atoms with Crippen molar-refractivity contribution in [1.29, 1.82) is 0 Å². The predicted molar refractivity (Wildman–Crippen MR) is 72.0 cm³/mol. The van der Waals surface area contributed by atoms with Crippen LogP contribution in [0.4, 0.5) is 4.39 Å². The number of halogens is 2. The minimum absolute atomic E-state index is 0.114. The fraction of sp³-hybridized carbons (Fsp3) is 0.0769. The first kappa shape index (κ1) is 13.9. The molecular formula is C13H11BClFO3. The molecule has 2 aromatic rings. The van der Waals surface area contributed by atoms with E-state index in [0.717, 1.165) is 0 Å². The standard InChI is InChI=1S/C13H11BClFO3/c15-12-7-10(16)6-5-9(12)8-19-13-4-2-1-3-11(13)14(17)18/h1-7,17-18H,8H2. The zero-order valence-electron chi connectivity index (χ0n) is 9.88. The van der Waals surface area contributed by atoms with Gasteiger partial charge < -0.3 is 14.8 Å². The Kier molecular flexibility index (Phi) is 4.42. The summed E-state index contributed by atoms with van der Waals surface area (Å²) in [5.74, 6) is -0.0715. The largest absolute Gasteiger partial charge is 0.492 e. The molecule has 98 valence electrons. The molecular weight excluding hydrogens is 269 g/mol. The van der Waals surface area contributed by atoms with Crippen LogP contribution >= 0.6 is 11.6 Å². The zero-order chi connectivity index (χ0) is 13.8. The Morgan fingerprint density at radius 2 is 1.89 bits per heavy atom. The Morgan fingerprint density at radius 3 is 2.58 bits per heavy atom. The van der Waals surface area contributed by atoms with Crippen molar-refractivity contribution in [1.82, 2.24) is 0 Å². The highest BCUT2D eigenvalue weighted by atomic mass is 35.5. The quantitative estimate of drug-likeness (QED) is 0.839. The number of hydrogen-bond acceptors (Lipinski definition) is 3. The molecule has 0 radical (unpaired) electrons. The summed E-state index contributed by atoms with van der Waals surface area (Å²) in [5.41, 5.74) is 0.881. The summed E-state index contributed by atoms with van der Waals surface area (Å²) in [7, 11) is -1.61. The molecule has 0 fully saturated rings. The maximum Gasteiger partial charge on any atom is 0.492 e. The van der Waals surface area contributed by atoms with Gasteiger partial charge >= 0.3 is 7.12 Å². The van der Waals surface area contributed by atoms with E-state index in [9.17, 15) is 14.4 Å². The minimum atomic E-state index is -1.61. The van der Waals surface area contributed by atoms with Crippen LogP contribution in [0, 0.1) is 5.82 Å². The Morgan fingerprint density at radius 1 is 1.16 bits per heavy atom. The monoisotopic (exact) mass is 280 g/mol. The van der Waals surface area contributed by atoms with E-state index in [-0.39, 0.29) is 17.1 Å². The molecule has 0 aliphatic carbocycles. The molecule has 0 atom stereocenters. The molecule has 3 nitrogen and oxygen atoms in total. The third-order valence-corrected chi connectivity index (χ3v) is 2.95. The van der Waals surface area contributed by atoms with Gasteiger partial charge in [0.05, 0.1) is 5.02 Å². The molecule has 0 saturated heterocycles. The molecule has 0 spiro atoms. The van der Waals surface area contributed by atoms with Crippen LogP contribution in [0.1, 0.15) is 5.56 Å². The fourth-order valence-electron chi connectivity index (χ4n) is 1.62. The van der Waals surface area contributed by atoms with Gasteiger partial charge in [-0.3, -0.25) is 0 Å². The van der Waals surface area contributed by atoms with Gasteiger partial charge in [0.25, 0.3) is 0 Å². The van der Waals surface area contributed by atoms with E-state index in [1.807, 2.05) is 0 Å². The highest BCUT2D eigenvalue weighted by Gasteiger charge is 2.16. The van der Waals surface area contributed by atoms with Crippen molar-refractivity contribution >= 4 is 24.2 Å². The van der Waals surface area contributed by atoms with Gasteiger partial charge in [-0.25, -0.2) is 4.39 Å². The van der Waals surface area contributed by atoms with E-state index >= 15 is 0 Å². The van der Waals surface area contributed by atoms with Crippen LogP contribution in [-0.2, 0) is 6.61 Å². The summed E-state index contributed by atoms with van der Waals surface area (Å²) in [6, 6.07) is 10.6. The van der Waals surface area contributed by atoms with E-state index in [1.165, 1.54) is 18.2 Å². The second-order valence-electron chi connectivity index (χ2n) is 3.94. The first-order chi connectivity index (χ1) is 9.08. The van der Waals surface area contributed by atoms with Crippen molar-refractivity contribution in [3.8, 4) is 5.75 Å². The number of para-hydroxylation sites is 1. The number of rotatable bonds is 4. The minimum Gasteiger partial charge on any atom is -0.489 e. The topological polar surface area (TPSA) is 49.7 Å². The molecule has 19 heavy (non-hydrogen) atoms. The third kappa shape index (κ3) is 3.47. The molecule has 2 rings (SSSR count). The Hall–Kier alpha value is -1.56. The van der Waals surface area contributed by atoms with Crippen LogP contribution in [0.2, 0.25) is 5.02 Å². The van der Waals surface area contributed by atoms with Gasteiger partial charge in [0.2, 0.25) is 0 Å². The van der Waals surface area contributed by atoms with Gasteiger partial charge in [-0.05, 0) is 18.2 Å². The lowest BCUT2D eigenvalue weighted by molar-refractivity contribution is 0.306. The predicted octanol–water partition coefficient (Wildman–Crippen LogP) is 1.74. The molecule has 0 heterocycles. The van der Waals surface area contributed by atoms with Crippen molar-refractivity contribution in [2.45, 2.75) is 6.61 Å². The molecule has 0 aromatic heterocycles. The lowest BCUT2D eigenvalue weighted by atomic mass is 9.79. The smallest absolute Gasteiger partial charge is 0.489 e. The van der Waals surface area contributed by atoms with Crippen LogP contribution in [0.3, 0.4) is 0 Å². The van der Waals surface area contributed by atoms with Gasteiger partial charge in [0.1, 0.15) is 18.2 Å². The maximum absolute atomic E-state index is 12.9. The summed E-state index contributed by atoms with van der Waals surface area (Å²) in [4.78, 5) is 0. The van der Waals surface area contributed by atoms with Gasteiger partial charge in [0, 0.05) is 11.0 Å². The average molecular weight is 280 g/mol. The number of benzene rings is 2. The van der Waals surface area contributed by atoms with Crippen molar-refractivity contribution < 1.29 is 19.2 Å². The average Bonchev–Trinajstić information content (AvgIpc) is 2.38. The van der Waals surface area contributed by atoms with Gasteiger partial charge in [-0.1, -0.05) is 35.9 Å².